The Labute approximate surface area is 138 Å². The van der Waals surface area contributed by atoms with E-state index in [0.29, 0.717) is 22.9 Å². The molecule has 1 heterocycles. The molecule has 24 heavy (non-hydrogen) atoms. The molecule has 0 spiro atoms. The average Bonchev–Trinajstić information content (AvgIpc) is 2.57. The first-order valence-corrected chi connectivity index (χ1v) is 7.25. The summed E-state index contributed by atoms with van der Waals surface area (Å²) in [6.07, 6.45) is 0. The molecule has 0 unspecified atom stereocenters. The summed E-state index contributed by atoms with van der Waals surface area (Å²) < 4.78 is 18.8. The summed E-state index contributed by atoms with van der Waals surface area (Å²) in [4.78, 5) is 12.3. The number of aryl methyl sites for hydroxylation is 1. The van der Waals surface area contributed by atoms with Gasteiger partial charge in [0.1, 0.15) is 11.6 Å². The van der Waals surface area contributed by atoms with E-state index in [2.05, 4.69) is 15.5 Å². The summed E-state index contributed by atoms with van der Waals surface area (Å²) >= 11 is 0. The topological polar surface area (TPSA) is 64.1 Å². The first kappa shape index (κ1) is 15.6. The van der Waals surface area contributed by atoms with Crippen molar-refractivity contribution in [3.63, 3.8) is 0 Å². The lowest BCUT2D eigenvalue weighted by molar-refractivity contribution is 0.102. The van der Waals surface area contributed by atoms with E-state index >= 15 is 0 Å². The molecule has 1 amide bonds. The van der Waals surface area contributed by atoms with Crippen LogP contribution in [0.2, 0.25) is 0 Å². The summed E-state index contributed by atoms with van der Waals surface area (Å²) in [5.74, 6) is 0.0206. The molecule has 3 aromatic rings. The molecule has 0 aliphatic carbocycles. The van der Waals surface area contributed by atoms with Crippen LogP contribution in [0.5, 0.6) is 11.6 Å². The van der Waals surface area contributed by atoms with Gasteiger partial charge >= 0.3 is 0 Å². The molecule has 0 radical (unpaired) electrons. The number of rotatable bonds is 4. The van der Waals surface area contributed by atoms with Crippen molar-refractivity contribution in [2.24, 2.45) is 0 Å². The van der Waals surface area contributed by atoms with Gasteiger partial charge < -0.3 is 10.1 Å². The highest BCUT2D eigenvalue weighted by Crippen LogP contribution is 2.21. The molecule has 0 fully saturated rings. The number of halogens is 1. The van der Waals surface area contributed by atoms with Crippen LogP contribution in [0.1, 0.15) is 16.1 Å². The van der Waals surface area contributed by atoms with Gasteiger partial charge in [0.15, 0.2) is 0 Å². The number of ether oxygens (including phenoxy) is 1. The van der Waals surface area contributed by atoms with Gasteiger partial charge in [-0.05, 0) is 49.4 Å². The van der Waals surface area contributed by atoms with Crippen molar-refractivity contribution in [1.82, 2.24) is 10.2 Å². The van der Waals surface area contributed by atoms with Gasteiger partial charge in [-0.15, -0.1) is 5.10 Å². The van der Waals surface area contributed by atoms with Gasteiger partial charge in [-0.25, -0.2) is 4.39 Å². The number of hydrogen-bond donors (Lipinski definition) is 1. The number of carbonyl (C=O) groups excluding carboxylic acids is 1. The predicted octanol–water partition coefficient (Wildman–Crippen LogP) is 3.97. The number of anilines is 1. The van der Waals surface area contributed by atoms with E-state index < -0.39 is 5.82 Å². The number of amides is 1. The van der Waals surface area contributed by atoms with Crippen LogP contribution < -0.4 is 10.1 Å². The van der Waals surface area contributed by atoms with Gasteiger partial charge in [0.25, 0.3) is 5.91 Å². The van der Waals surface area contributed by atoms with Crippen molar-refractivity contribution >= 4 is 11.6 Å². The van der Waals surface area contributed by atoms with Crippen LogP contribution in [0.3, 0.4) is 0 Å². The number of hydrogen-bond acceptors (Lipinski definition) is 4. The lowest BCUT2D eigenvalue weighted by Gasteiger charge is -2.08. The number of aromatic nitrogens is 2. The van der Waals surface area contributed by atoms with Gasteiger partial charge in [0, 0.05) is 17.3 Å². The molecule has 0 aliphatic heterocycles. The van der Waals surface area contributed by atoms with Crippen molar-refractivity contribution in [1.29, 1.82) is 0 Å². The number of carbonyl (C=O) groups is 1. The molecule has 2 aromatic carbocycles. The molecular weight excluding hydrogens is 309 g/mol. The van der Waals surface area contributed by atoms with Gasteiger partial charge in [-0.3, -0.25) is 4.79 Å². The van der Waals surface area contributed by atoms with Crippen LogP contribution >= 0.6 is 0 Å². The maximum Gasteiger partial charge on any atom is 0.255 e. The zero-order chi connectivity index (χ0) is 16.9. The molecule has 5 nitrogen and oxygen atoms in total. The van der Waals surface area contributed by atoms with Crippen molar-refractivity contribution < 1.29 is 13.9 Å². The van der Waals surface area contributed by atoms with E-state index in [0.717, 1.165) is 5.69 Å². The molecular formula is C18H14FN3O2. The maximum atomic E-state index is 13.2. The monoisotopic (exact) mass is 323 g/mol. The van der Waals surface area contributed by atoms with Crippen LogP contribution in [0.4, 0.5) is 10.1 Å². The predicted molar refractivity (Wildman–Crippen MR) is 87.6 cm³/mol. The highest BCUT2D eigenvalue weighted by atomic mass is 19.1. The molecule has 1 N–H and O–H groups in total. The minimum absolute atomic E-state index is 0.336. The lowest BCUT2D eigenvalue weighted by Crippen LogP contribution is -2.11. The lowest BCUT2D eigenvalue weighted by atomic mass is 10.2. The molecule has 0 atom stereocenters. The minimum Gasteiger partial charge on any atom is -0.438 e. The van der Waals surface area contributed by atoms with Gasteiger partial charge in [-0.2, -0.15) is 5.10 Å². The van der Waals surface area contributed by atoms with Gasteiger partial charge in [0.05, 0.1) is 5.69 Å². The van der Waals surface area contributed by atoms with Crippen LogP contribution in [-0.4, -0.2) is 16.1 Å². The average molecular weight is 323 g/mol. The summed E-state index contributed by atoms with van der Waals surface area (Å²) in [6, 6.07) is 15.8. The molecule has 3 rings (SSSR count). The normalized spacial score (nSPS) is 10.2. The van der Waals surface area contributed by atoms with E-state index in [9.17, 15) is 9.18 Å². The number of nitrogens with one attached hydrogen (secondary N) is 1. The highest BCUT2D eigenvalue weighted by molar-refractivity contribution is 6.04. The standard InChI is InChI=1S/C18H14FN3O2/c1-12-8-9-17(22-21-12)24-16-7-2-4-13(10-16)18(23)20-15-6-3-5-14(19)11-15/h2-11H,1H3,(H,20,23). The Morgan fingerprint density at radius 1 is 1.04 bits per heavy atom. The number of benzene rings is 2. The highest BCUT2D eigenvalue weighted by Gasteiger charge is 2.09. The second-order valence-corrected chi connectivity index (χ2v) is 5.11. The van der Waals surface area contributed by atoms with Crippen LogP contribution in [-0.2, 0) is 0 Å². The Morgan fingerprint density at radius 2 is 1.88 bits per heavy atom. The Kier molecular flexibility index (Phi) is 4.47. The summed E-state index contributed by atoms with van der Waals surface area (Å²) in [5, 5.41) is 10.5. The Bertz CT molecular complexity index is 866. The maximum absolute atomic E-state index is 13.2. The van der Waals surface area contributed by atoms with Crippen LogP contribution in [0, 0.1) is 12.7 Å². The van der Waals surface area contributed by atoms with Gasteiger partial charge in [0.2, 0.25) is 5.88 Å². The fourth-order valence-electron chi connectivity index (χ4n) is 2.03. The summed E-state index contributed by atoms with van der Waals surface area (Å²) in [5.41, 5.74) is 1.55. The quantitative estimate of drug-likeness (QED) is 0.789. The summed E-state index contributed by atoms with van der Waals surface area (Å²) in [6.45, 7) is 1.83. The first-order chi connectivity index (χ1) is 11.6. The van der Waals surface area contributed by atoms with E-state index in [1.807, 2.05) is 6.92 Å². The molecule has 120 valence electrons. The van der Waals surface area contributed by atoms with Crippen molar-refractivity contribution in [2.75, 3.05) is 5.32 Å². The third-order valence-electron chi connectivity index (χ3n) is 3.17. The van der Waals surface area contributed by atoms with Crippen molar-refractivity contribution in [3.8, 4) is 11.6 Å². The molecule has 1 aromatic heterocycles. The largest absolute Gasteiger partial charge is 0.438 e. The zero-order valence-electron chi connectivity index (χ0n) is 12.9. The Hall–Kier alpha value is -3.28. The SMILES string of the molecule is Cc1ccc(Oc2cccc(C(=O)Nc3cccc(F)c3)c2)nn1. The second kappa shape index (κ2) is 6.87. The van der Waals surface area contributed by atoms with E-state index in [1.165, 1.54) is 18.2 Å². The third kappa shape index (κ3) is 3.92. The minimum atomic E-state index is -0.414. The molecule has 0 saturated heterocycles. The summed E-state index contributed by atoms with van der Waals surface area (Å²) in [7, 11) is 0. The van der Waals surface area contributed by atoms with E-state index in [4.69, 9.17) is 4.74 Å². The molecule has 6 heteroatoms. The zero-order valence-corrected chi connectivity index (χ0v) is 12.9. The van der Waals surface area contributed by atoms with Gasteiger partial charge in [-0.1, -0.05) is 12.1 Å². The van der Waals surface area contributed by atoms with E-state index in [-0.39, 0.29) is 5.91 Å². The fourth-order valence-corrected chi connectivity index (χ4v) is 2.03. The van der Waals surface area contributed by atoms with Crippen molar-refractivity contribution in [2.45, 2.75) is 6.92 Å². The fraction of sp³-hybridized carbons (Fsp3) is 0.0556. The molecule has 0 bridgehead atoms. The Balaban J connectivity index is 1.74. The van der Waals surface area contributed by atoms with Crippen molar-refractivity contribution in [3.05, 3.63) is 77.7 Å². The molecule has 0 aliphatic rings. The molecule has 0 saturated carbocycles. The van der Waals surface area contributed by atoms with E-state index in [1.54, 1.807) is 42.5 Å². The smallest absolute Gasteiger partial charge is 0.255 e. The Morgan fingerprint density at radius 3 is 2.62 bits per heavy atom. The van der Waals surface area contributed by atoms with Crippen LogP contribution in [0.15, 0.2) is 60.7 Å². The number of nitrogens with zero attached hydrogens (tertiary/aromatic N) is 2. The third-order valence-corrected chi connectivity index (χ3v) is 3.17. The second-order valence-electron chi connectivity index (χ2n) is 5.11. The van der Waals surface area contributed by atoms with Crippen LogP contribution in [0.25, 0.3) is 0 Å². The first-order valence-electron chi connectivity index (χ1n) is 7.25.